The Hall–Kier alpha value is -2.63. The minimum atomic E-state index is -0.805. The quantitative estimate of drug-likeness (QED) is 0.0262. The summed E-state index contributed by atoms with van der Waals surface area (Å²) < 4.78 is 16.7. The van der Waals surface area contributed by atoms with Gasteiger partial charge in [0, 0.05) is 19.3 Å². The van der Waals surface area contributed by atoms with Crippen LogP contribution in [0.25, 0.3) is 0 Å². The Labute approximate surface area is 390 Å². The Balaban J connectivity index is 4.42. The zero-order chi connectivity index (χ0) is 45.8. The van der Waals surface area contributed by atoms with E-state index in [4.69, 9.17) is 14.2 Å². The van der Waals surface area contributed by atoms with Gasteiger partial charge in [-0.15, -0.1) is 0 Å². The first-order valence-electron chi connectivity index (χ1n) is 27.1. The van der Waals surface area contributed by atoms with Crippen LogP contribution in [0.1, 0.15) is 278 Å². The molecule has 1 unspecified atom stereocenters. The van der Waals surface area contributed by atoms with Gasteiger partial charge in [-0.3, -0.25) is 14.4 Å². The van der Waals surface area contributed by atoms with E-state index in [1.807, 2.05) is 6.08 Å². The summed E-state index contributed by atoms with van der Waals surface area (Å²) >= 11 is 0. The number of rotatable bonds is 49. The molecule has 0 heterocycles. The summed E-state index contributed by atoms with van der Waals surface area (Å²) in [6.45, 7) is 6.57. The first-order chi connectivity index (χ1) is 31.0. The van der Waals surface area contributed by atoms with Gasteiger partial charge in [0.05, 0.1) is 0 Å². The molecule has 0 aliphatic carbocycles. The Morgan fingerprint density at radius 2 is 0.603 bits per heavy atom. The van der Waals surface area contributed by atoms with Crippen molar-refractivity contribution in [3.8, 4) is 0 Å². The average molecular weight is 883 g/mol. The van der Waals surface area contributed by atoms with E-state index in [9.17, 15) is 14.4 Å². The Morgan fingerprint density at radius 1 is 0.317 bits per heavy atom. The van der Waals surface area contributed by atoms with Crippen LogP contribution in [0, 0.1) is 0 Å². The molecule has 63 heavy (non-hydrogen) atoms. The second-order valence-corrected chi connectivity index (χ2v) is 18.1. The number of unbranched alkanes of at least 4 members (excludes halogenated alkanes) is 30. The fourth-order valence-electron chi connectivity index (χ4n) is 7.66. The lowest BCUT2D eigenvalue weighted by Crippen LogP contribution is -2.30. The van der Waals surface area contributed by atoms with E-state index in [0.29, 0.717) is 19.3 Å². The van der Waals surface area contributed by atoms with Gasteiger partial charge in [-0.25, -0.2) is 0 Å². The van der Waals surface area contributed by atoms with E-state index in [1.54, 1.807) is 0 Å². The Morgan fingerprint density at radius 3 is 1.00 bits per heavy atom. The van der Waals surface area contributed by atoms with Crippen molar-refractivity contribution in [2.24, 2.45) is 0 Å². The van der Waals surface area contributed by atoms with Gasteiger partial charge in [-0.1, -0.05) is 217 Å². The normalized spacial score (nSPS) is 12.4. The van der Waals surface area contributed by atoms with Gasteiger partial charge in [0.2, 0.25) is 0 Å². The largest absolute Gasteiger partial charge is 0.462 e. The van der Waals surface area contributed by atoms with Crippen molar-refractivity contribution in [3.05, 3.63) is 48.6 Å². The van der Waals surface area contributed by atoms with Crippen LogP contribution < -0.4 is 0 Å². The van der Waals surface area contributed by atoms with Crippen molar-refractivity contribution in [1.82, 2.24) is 0 Å². The molecule has 6 heteroatoms. The highest BCUT2D eigenvalue weighted by molar-refractivity contribution is 5.71. The molecule has 0 aromatic carbocycles. The second-order valence-electron chi connectivity index (χ2n) is 18.1. The molecule has 0 bridgehead atoms. The van der Waals surface area contributed by atoms with Crippen LogP contribution in [0.2, 0.25) is 0 Å². The van der Waals surface area contributed by atoms with E-state index in [1.165, 1.54) is 161 Å². The first-order valence-corrected chi connectivity index (χ1v) is 27.1. The molecule has 0 aromatic heterocycles. The summed E-state index contributed by atoms with van der Waals surface area (Å²) in [5.41, 5.74) is 0. The first kappa shape index (κ1) is 60.4. The molecular formula is C57H102O6. The van der Waals surface area contributed by atoms with E-state index >= 15 is 0 Å². The highest BCUT2D eigenvalue weighted by Gasteiger charge is 2.19. The van der Waals surface area contributed by atoms with Gasteiger partial charge in [0.15, 0.2) is 6.10 Å². The van der Waals surface area contributed by atoms with Crippen LogP contribution in [-0.4, -0.2) is 37.2 Å². The minimum Gasteiger partial charge on any atom is -0.462 e. The zero-order valence-corrected chi connectivity index (χ0v) is 41.8. The van der Waals surface area contributed by atoms with Crippen LogP contribution in [0.4, 0.5) is 0 Å². The van der Waals surface area contributed by atoms with Gasteiger partial charge in [-0.05, 0) is 89.9 Å². The molecule has 0 saturated carbocycles. The van der Waals surface area contributed by atoms with Crippen molar-refractivity contribution in [2.45, 2.75) is 284 Å². The minimum absolute atomic E-state index is 0.0995. The Bertz CT molecular complexity index is 1110. The molecule has 1 atom stereocenters. The Kier molecular flexibility index (Phi) is 49.8. The lowest BCUT2D eigenvalue weighted by atomic mass is 10.1. The lowest BCUT2D eigenvalue weighted by molar-refractivity contribution is -0.166. The summed E-state index contributed by atoms with van der Waals surface area (Å²) in [5.74, 6) is -0.986. The standard InChI is InChI=1S/C57H102O6/c1-4-7-10-13-16-19-22-25-27-28-29-30-33-35-38-41-44-47-50-56(59)62-53-54(52-61-55(58)49-46-43-40-37-34-31-24-21-18-15-12-9-6-3)63-57(60)51-48-45-42-39-36-32-26-23-20-17-14-11-8-5-2/h29-32,34,36,40,43,54H,4-28,33,35,37-39,41-42,44-53H2,1-3H3/b30-29-,34-31-,36-32-,43-40-. The van der Waals surface area contributed by atoms with Crippen LogP contribution in [0.15, 0.2) is 48.6 Å². The maximum absolute atomic E-state index is 12.8. The molecule has 0 amide bonds. The highest BCUT2D eigenvalue weighted by atomic mass is 16.6. The molecule has 0 aromatic rings. The lowest BCUT2D eigenvalue weighted by Gasteiger charge is -2.18. The summed E-state index contributed by atoms with van der Waals surface area (Å²) in [6.07, 6.45) is 62.6. The number of carbonyl (C=O) groups is 3. The molecule has 0 N–H and O–H groups in total. The smallest absolute Gasteiger partial charge is 0.306 e. The molecular weight excluding hydrogens is 781 g/mol. The number of ether oxygens (including phenoxy) is 3. The van der Waals surface area contributed by atoms with Gasteiger partial charge in [0.1, 0.15) is 13.2 Å². The summed E-state index contributed by atoms with van der Waals surface area (Å²) in [4.78, 5) is 38.0. The number of hydrogen-bond donors (Lipinski definition) is 0. The van der Waals surface area contributed by atoms with Gasteiger partial charge in [-0.2, -0.15) is 0 Å². The molecule has 6 nitrogen and oxygen atoms in total. The molecule has 366 valence electrons. The topological polar surface area (TPSA) is 78.9 Å². The molecule has 0 aliphatic heterocycles. The van der Waals surface area contributed by atoms with Crippen molar-refractivity contribution < 1.29 is 28.6 Å². The maximum Gasteiger partial charge on any atom is 0.306 e. The third kappa shape index (κ3) is 50.2. The second kappa shape index (κ2) is 52.0. The fraction of sp³-hybridized carbons (Fsp3) is 0.807. The van der Waals surface area contributed by atoms with Crippen LogP contribution in [-0.2, 0) is 28.6 Å². The van der Waals surface area contributed by atoms with E-state index in [0.717, 1.165) is 70.6 Å². The predicted molar refractivity (Wildman–Crippen MR) is 270 cm³/mol. The number of allylic oxidation sites excluding steroid dienone is 8. The van der Waals surface area contributed by atoms with Gasteiger partial charge in [0.25, 0.3) is 0 Å². The van der Waals surface area contributed by atoms with Crippen LogP contribution in [0.3, 0.4) is 0 Å². The van der Waals surface area contributed by atoms with Crippen LogP contribution >= 0.6 is 0 Å². The monoisotopic (exact) mass is 883 g/mol. The molecule has 0 aliphatic rings. The maximum atomic E-state index is 12.8. The summed E-state index contributed by atoms with van der Waals surface area (Å²) in [7, 11) is 0. The fourth-order valence-corrected chi connectivity index (χ4v) is 7.66. The molecule has 0 rings (SSSR count). The average Bonchev–Trinajstić information content (AvgIpc) is 3.28. The predicted octanol–water partition coefficient (Wildman–Crippen LogP) is 17.9. The summed E-state index contributed by atoms with van der Waals surface area (Å²) in [6, 6.07) is 0. The van der Waals surface area contributed by atoms with Gasteiger partial charge >= 0.3 is 17.9 Å². The van der Waals surface area contributed by atoms with Crippen molar-refractivity contribution in [1.29, 1.82) is 0 Å². The molecule has 0 saturated heterocycles. The zero-order valence-electron chi connectivity index (χ0n) is 41.8. The number of esters is 3. The van der Waals surface area contributed by atoms with E-state index in [-0.39, 0.29) is 37.5 Å². The number of hydrogen-bond acceptors (Lipinski definition) is 6. The van der Waals surface area contributed by atoms with Crippen molar-refractivity contribution in [3.63, 3.8) is 0 Å². The third-order valence-electron chi connectivity index (χ3n) is 11.8. The third-order valence-corrected chi connectivity index (χ3v) is 11.8. The molecule has 0 radical (unpaired) electrons. The number of carbonyl (C=O) groups excluding carboxylic acids is 3. The van der Waals surface area contributed by atoms with Gasteiger partial charge < -0.3 is 14.2 Å². The molecule has 0 spiro atoms. The summed E-state index contributed by atoms with van der Waals surface area (Å²) in [5, 5.41) is 0. The van der Waals surface area contributed by atoms with E-state index in [2.05, 4.69) is 63.3 Å². The van der Waals surface area contributed by atoms with E-state index < -0.39 is 6.10 Å². The van der Waals surface area contributed by atoms with Crippen LogP contribution in [0.5, 0.6) is 0 Å². The van der Waals surface area contributed by atoms with Crippen molar-refractivity contribution in [2.75, 3.05) is 13.2 Å². The SMILES string of the molecule is CCCCCCCC/C=C\C/C=C\CCC(=O)OCC(COC(=O)CCCCCCC/C=C\CCCCCCCCCCC)OC(=O)CCCCC/C=C\CCCCCCCCC. The molecule has 0 fully saturated rings. The highest BCUT2D eigenvalue weighted by Crippen LogP contribution is 2.14. The van der Waals surface area contributed by atoms with Crippen molar-refractivity contribution >= 4 is 17.9 Å².